The maximum absolute atomic E-state index is 11.0. The van der Waals surface area contributed by atoms with Gasteiger partial charge in [-0.3, -0.25) is 4.98 Å². The van der Waals surface area contributed by atoms with E-state index in [2.05, 4.69) is 63.2 Å². The third-order valence-electron chi connectivity index (χ3n) is 6.22. The van der Waals surface area contributed by atoms with Gasteiger partial charge in [0, 0.05) is 22.5 Å². The second-order valence-corrected chi connectivity index (χ2v) is 9.80. The van der Waals surface area contributed by atoms with Crippen molar-refractivity contribution in [2.45, 2.75) is 60.2 Å². The van der Waals surface area contributed by atoms with E-state index in [1.54, 1.807) is 6.08 Å². The van der Waals surface area contributed by atoms with Gasteiger partial charge in [0.25, 0.3) is 0 Å². The van der Waals surface area contributed by atoms with Crippen LogP contribution in [0.3, 0.4) is 0 Å². The molecule has 0 saturated heterocycles. The Bertz CT molecular complexity index is 1360. The Morgan fingerprint density at radius 2 is 1.64 bits per heavy atom. The van der Waals surface area contributed by atoms with Gasteiger partial charge in [0.2, 0.25) is 0 Å². The van der Waals surface area contributed by atoms with Crippen molar-refractivity contribution in [3.63, 3.8) is 0 Å². The molecule has 4 rings (SSSR count). The zero-order chi connectivity index (χ0) is 23.9. The minimum atomic E-state index is -0.595. The molecule has 1 atom stereocenters. The van der Waals surface area contributed by atoms with Gasteiger partial charge in [0.05, 0.1) is 11.1 Å². The fourth-order valence-electron chi connectivity index (χ4n) is 4.66. The molecule has 0 saturated carbocycles. The molecule has 1 aromatic heterocycles. The molecule has 3 nitrogen and oxygen atoms in total. The number of nitrogens with zero attached hydrogens (tertiary/aromatic N) is 1. The number of allylic oxidation sites excluding steroid dienone is 1. The smallest absolute Gasteiger partial charge is 0.141 e. The molecule has 3 aromatic carbocycles. The molecule has 0 radical (unpaired) electrons. The van der Waals surface area contributed by atoms with E-state index in [0.717, 1.165) is 44.1 Å². The third-order valence-corrected chi connectivity index (χ3v) is 6.22. The molecule has 0 bridgehead atoms. The van der Waals surface area contributed by atoms with E-state index in [4.69, 9.17) is 9.72 Å². The molecule has 0 unspecified atom stereocenters. The van der Waals surface area contributed by atoms with Crippen molar-refractivity contribution < 1.29 is 9.84 Å². The molecule has 0 amide bonds. The number of hydrogen-bond acceptors (Lipinski definition) is 3. The van der Waals surface area contributed by atoms with Crippen LogP contribution in [0, 0.1) is 20.8 Å². The first-order valence-electron chi connectivity index (χ1n) is 11.5. The number of benzene rings is 3. The van der Waals surface area contributed by atoms with Crippen LogP contribution in [0.25, 0.3) is 32.8 Å². The lowest BCUT2D eigenvalue weighted by atomic mass is 9.84. The molecule has 4 aromatic rings. The number of aliphatic hydroxyl groups is 1. The summed E-state index contributed by atoms with van der Waals surface area (Å²) in [5.74, 6) is 0.209. The zero-order valence-electron chi connectivity index (χ0n) is 20.7. The van der Waals surface area contributed by atoms with Gasteiger partial charge in [-0.05, 0) is 82.2 Å². The molecule has 1 N–H and O–H groups in total. The first-order chi connectivity index (χ1) is 15.6. The molecule has 0 fully saturated rings. The van der Waals surface area contributed by atoms with E-state index in [0.29, 0.717) is 0 Å². The normalized spacial score (nSPS) is 13.6. The lowest BCUT2D eigenvalue weighted by Crippen LogP contribution is -2.25. The van der Waals surface area contributed by atoms with Gasteiger partial charge in [0.1, 0.15) is 11.9 Å². The van der Waals surface area contributed by atoms with Crippen LogP contribution in [0.5, 0.6) is 0 Å². The summed E-state index contributed by atoms with van der Waals surface area (Å²) in [7, 11) is 0. The topological polar surface area (TPSA) is 42.4 Å². The second-order valence-electron chi connectivity index (χ2n) is 9.80. The van der Waals surface area contributed by atoms with Crippen molar-refractivity contribution in [1.82, 2.24) is 4.98 Å². The molecular formula is C30H33NO2. The number of aromatic nitrogens is 1. The summed E-state index contributed by atoms with van der Waals surface area (Å²) in [6.45, 7) is 14.2. The summed E-state index contributed by atoms with van der Waals surface area (Å²) < 4.78 is 6.49. The Labute approximate surface area is 196 Å². The van der Waals surface area contributed by atoms with Crippen molar-refractivity contribution >= 4 is 21.7 Å². The predicted octanol–water partition coefficient (Wildman–Crippen LogP) is 8.30. The number of fused-ring (bicyclic) bond motifs is 3. The van der Waals surface area contributed by atoms with Gasteiger partial charge in [-0.25, -0.2) is 0 Å². The molecule has 1 heterocycles. The van der Waals surface area contributed by atoms with Crippen molar-refractivity contribution in [2.75, 3.05) is 0 Å². The molecule has 3 heteroatoms. The standard InChI is InChI=1S/C30H33NO2/c1-8-24(32)29(33-30(5,6)7)27-20(4)28-26(23-12-10-9-11-22(23)17-31-28)19(3)25(27)21-15-13-18(2)14-16-21/h8-17,29,32H,1-7H3/t29-/m1/s1. The van der Waals surface area contributed by atoms with Gasteiger partial charge < -0.3 is 9.84 Å². The van der Waals surface area contributed by atoms with Gasteiger partial charge >= 0.3 is 0 Å². The first-order valence-corrected chi connectivity index (χ1v) is 11.5. The van der Waals surface area contributed by atoms with Crippen LogP contribution in [0.2, 0.25) is 0 Å². The largest absolute Gasteiger partial charge is 0.510 e. The summed E-state index contributed by atoms with van der Waals surface area (Å²) in [6.07, 6.45) is 3.07. The van der Waals surface area contributed by atoms with Crippen molar-refractivity contribution in [3.8, 4) is 11.1 Å². The molecule has 0 aliphatic heterocycles. The van der Waals surface area contributed by atoms with E-state index in [9.17, 15) is 5.11 Å². The molecular weight excluding hydrogens is 406 g/mol. The summed E-state index contributed by atoms with van der Waals surface area (Å²) >= 11 is 0. The summed E-state index contributed by atoms with van der Waals surface area (Å²) in [4.78, 5) is 4.89. The number of pyridine rings is 1. The van der Waals surface area contributed by atoms with Gasteiger partial charge in [-0.2, -0.15) is 0 Å². The Morgan fingerprint density at radius 3 is 2.27 bits per heavy atom. The Hall–Kier alpha value is -3.17. The Balaban J connectivity index is 2.19. The molecule has 33 heavy (non-hydrogen) atoms. The highest BCUT2D eigenvalue weighted by atomic mass is 16.5. The van der Waals surface area contributed by atoms with Crippen LogP contribution < -0.4 is 0 Å². The number of rotatable bonds is 4. The summed E-state index contributed by atoms with van der Waals surface area (Å²) in [5.41, 5.74) is 7.06. The number of aryl methyl sites for hydroxylation is 3. The SMILES string of the molecule is CC=C(O)[C@@H](OC(C)(C)C)c1c(-c2ccc(C)cc2)c(C)c2c(ncc3ccccc32)c1C. The van der Waals surface area contributed by atoms with Gasteiger partial charge in [-0.15, -0.1) is 0 Å². The highest BCUT2D eigenvalue weighted by Crippen LogP contribution is 2.44. The first kappa shape index (κ1) is 23.0. The molecule has 0 aliphatic rings. The van der Waals surface area contributed by atoms with Crippen LogP contribution in [-0.2, 0) is 4.74 Å². The Morgan fingerprint density at radius 1 is 0.970 bits per heavy atom. The van der Waals surface area contributed by atoms with Crippen molar-refractivity contribution in [3.05, 3.63) is 88.8 Å². The Kier molecular flexibility index (Phi) is 6.02. The third kappa shape index (κ3) is 4.26. The van der Waals surface area contributed by atoms with Crippen molar-refractivity contribution in [2.24, 2.45) is 0 Å². The molecule has 0 aliphatic carbocycles. The van der Waals surface area contributed by atoms with E-state index >= 15 is 0 Å². The molecule has 0 spiro atoms. The predicted molar refractivity (Wildman–Crippen MR) is 139 cm³/mol. The average Bonchev–Trinajstić information content (AvgIpc) is 2.79. The highest BCUT2D eigenvalue weighted by Gasteiger charge is 2.30. The van der Waals surface area contributed by atoms with Gasteiger partial charge in [-0.1, -0.05) is 54.1 Å². The average molecular weight is 440 g/mol. The van der Waals surface area contributed by atoms with Gasteiger partial charge in [0.15, 0.2) is 0 Å². The number of hydrogen-bond donors (Lipinski definition) is 1. The zero-order valence-corrected chi connectivity index (χ0v) is 20.7. The van der Waals surface area contributed by atoms with E-state index in [1.807, 2.05) is 40.0 Å². The lowest BCUT2D eigenvalue weighted by molar-refractivity contribution is -0.0599. The second kappa shape index (κ2) is 8.64. The fraction of sp³-hybridized carbons (Fsp3) is 0.300. The van der Waals surface area contributed by atoms with E-state index < -0.39 is 11.7 Å². The highest BCUT2D eigenvalue weighted by molar-refractivity contribution is 6.10. The van der Waals surface area contributed by atoms with Crippen LogP contribution in [0.1, 0.15) is 56.1 Å². The van der Waals surface area contributed by atoms with Crippen LogP contribution in [0.4, 0.5) is 0 Å². The molecule has 170 valence electrons. The maximum Gasteiger partial charge on any atom is 0.141 e. The van der Waals surface area contributed by atoms with Crippen LogP contribution in [-0.4, -0.2) is 15.7 Å². The number of ether oxygens (including phenoxy) is 1. The number of aliphatic hydroxyl groups excluding tert-OH is 1. The minimum absolute atomic E-state index is 0.209. The minimum Gasteiger partial charge on any atom is -0.510 e. The monoisotopic (exact) mass is 439 g/mol. The quantitative estimate of drug-likeness (QED) is 0.257. The lowest BCUT2D eigenvalue weighted by Gasteiger charge is -2.31. The maximum atomic E-state index is 11.0. The summed E-state index contributed by atoms with van der Waals surface area (Å²) in [6, 6.07) is 17.0. The van der Waals surface area contributed by atoms with E-state index in [1.165, 1.54) is 10.9 Å². The fourth-order valence-corrected chi connectivity index (χ4v) is 4.66. The van der Waals surface area contributed by atoms with Crippen LogP contribution >= 0.6 is 0 Å². The van der Waals surface area contributed by atoms with E-state index in [-0.39, 0.29) is 5.76 Å². The van der Waals surface area contributed by atoms with Crippen molar-refractivity contribution in [1.29, 1.82) is 0 Å². The van der Waals surface area contributed by atoms with Crippen LogP contribution in [0.15, 0.2) is 66.6 Å². The summed E-state index contributed by atoms with van der Waals surface area (Å²) in [5, 5.41) is 14.5.